The van der Waals surface area contributed by atoms with E-state index in [0.717, 1.165) is 62.4 Å². The lowest BCUT2D eigenvalue weighted by Gasteiger charge is -2.37. The van der Waals surface area contributed by atoms with Gasteiger partial charge in [0, 0.05) is 19.6 Å². The van der Waals surface area contributed by atoms with Crippen LogP contribution in [0.25, 0.3) is 0 Å². The Morgan fingerprint density at radius 3 is 2.44 bits per heavy atom. The molecule has 2 aliphatic heterocycles. The molecule has 202 valence electrons. The highest BCUT2D eigenvalue weighted by Gasteiger charge is 2.30. The predicted octanol–water partition coefficient (Wildman–Crippen LogP) is 3.19. The molecule has 10 nitrogen and oxygen atoms in total. The number of alkyl carbamates (subject to hydrolysis) is 1. The first-order valence-electron chi connectivity index (χ1n) is 13.2. The van der Waals surface area contributed by atoms with E-state index in [9.17, 15) is 19.5 Å². The van der Waals surface area contributed by atoms with E-state index in [4.69, 9.17) is 9.72 Å². The fourth-order valence-electron chi connectivity index (χ4n) is 4.86. The van der Waals surface area contributed by atoms with E-state index in [-0.39, 0.29) is 25.0 Å². The minimum Gasteiger partial charge on any atom is -0.480 e. The van der Waals surface area contributed by atoms with Gasteiger partial charge in [-0.25, -0.2) is 14.6 Å². The smallest absolute Gasteiger partial charge is 0.407 e. The summed E-state index contributed by atoms with van der Waals surface area (Å²) in [6, 6.07) is -1.29. The molecule has 0 saturated carbocycles. The summed E-state index contributed by atoms with van der Waals surface area (Å²) in [6.45, 7) is 10.0. The van der Waals surface area contributed by atoms with E-state index >= 15 is 0 Å². The second-order valence-corrected chi connectivity index (χ2v) is 11.0. The van der Waals surface area contributed by atoms with Gasteiger partial charge in [-0.05, 0) is 62.9 Å². The van der Waals surface area contributed by atoms with Crippen LogP contribution in [0, 0.1) is 11.8 Å². The number of rotatable bonds is 11. The third kappa shape index (κ3) is 7.80. The average Bonchev–Trinajstić information content (AvgIpc) is 3.33. The maximum absolute atomic E-state index is 13.0. The maximum Gasteiger partial charge on any atom is 0.407 e. The van der Waals surface area contributed by atoms with Gasteiger partial charge >= 0.3 is 12.1 Å². The van der Waals surface area contributed by atoms with Crippen LogP contribution in [0.1, 0.15) is 80.6 Å². The van der Waals surface area contributed by atoms with Crippen LogP contribution < -0.4 is 20.9 Å². The Hall–Kier alpha value is -2.40. The van der Waals surface area contributed by atoms with Crippen LogP contribution in [0.2, 0.25) is 0 Å². The molecule has 1 aromatic rings. The molecule has 3 heterocycles. The van der Waals surface area contributed by atoms with Crippen LogP contribution >= 0.6 is 11.3 Å². The highest BCUT2D eigenvalue weighted by Crippen LogP contribution is 2.36. The Balaban J connectivity index is 1.58. The number of hydrogen-bond donors (Lipinski definition) is 4. The quantitative estimate of drug-likeness (QED) is 0.325. The molecular weight excluding hydrogens is 482 g/mol. The molecule has 0 spiro atoms. The maximum atomic E-state index is 13.0. The van der Waals surface area contributed by atoms with Crippen LogP contribution in [-0.2, 0) is 9.53 Å². The van der Waals surface area contributed by atoms with Gasteiger partial charge in [0.05, 0.1) is 12.3 Å². The van der Waals surface area contributed by atoms with Gasteiger partial charge in [0.15, 0.2) is 5.13 Å². The molecule has 0 radical (unpaired) electrons. The van der Waals surface area contributed by atoms with Crippen molar-refractivity contribution in [3.05, 3.63) is 10.6 Å². The number of nitrogens with one attached hydrogen (secondary N) is 3. The monoisotopic (exact) mass is 523 g/mol. The Morgan fingerprint density at radius 1 is 1.17 bits per heavy atom. The van der Waals surface area contributed by atoms with Gasteiger partial charge in [-0.1, -0.05) is 38.5 Å². The molecule has 11 heteroatoms. The number of piperidine rings is 2. The van der Waals surface area contributed by atoms with Gasteiger partial charge in [-0.2, -0.15) is 0 Å². The fraction of sp³-hybridized carbons (Fsp3) is 0.760. The van der Waals surface area contributed by atoms with Crippen molar-refractivity contribution in [3.63, 3.8) is 0 Å². The highest BCUT2D eigenvalue weighted by atomic mass is 32.1. The van der Waals surface area contributed by atoms with E-state index in [1.54, 1.807) is 0 Å². The Labute approximate surface area is 217 Å². The largest absolute Gasteiger partial charge is 0.480 e. The number of carboxylic acid groups (broad SMARTS) is 1. The van der Waals surface area contributed by atoms with Gasteiger partial charge in [0.25, 0.3) is 5.91 Å². The summed E-state index contributed by atoms with van der Waals surface area (Å²) in [5.41, 5.74) is 0.715. The molecule has 0 aromatic carbocycles. The standard InChI is InChI=1S/C25H41N5O5S/c1-4-5-14-35-25(34)28-19(23(32)33)15-27-22(31)21-20(16(2)3)29-24(36-21)30-12-8-18(9-13-30)17-6-10-26-11-7-17/h16-19,26H,4-15H2,1-3H3,(H,27,31)(H,28,34)(H,32,33)/t19-/m0/s1. The molecule has 0 aliphatic carbocycles. The summed E-state index contributed by atoms with van der Waals surface area (Å²) >= 11 is 1.36. The number of unbranched alkanes of at least 4 members (excludes halogenated alkanes) is 1. The number of carboxylic acids is 1. The zero-order valence-corrected chi connectivity index (χ0v) is 22.5. The van der Waals surface area contributed by atoms with Crippen molar-refractivity contribution in [2.45, 2.75) is 71.3 Å². The van der Waals surface area contributed by atoms with E-state index in [1.807, 2.05) is 20.8 Å². The molecule has 2 fully saturated rings. The van der Waals surface area contributed by atoms with Gasteiger partial charge in [-0.3, -0.25) is 4.79 Å². The number of aliphatic carboxylic acids is 1. The number of aromatic nitrogens is 1. The molecule has 2 aliphatic rings. The van der Waals surface area contributed by atoms with Crippen molar-refractivity contribution in [2.75, 3.05) is 44.2 Å². The fourth-order valence-corrected chi connectivity index (χ4v) is 6.04. The van der Waals surface area contributed by atoms with Crippen molar-refractivity contribution >= 4 is 34.4 Å². The van der Waals surface area contributed by atoms with Gasteiger partial charge in [0.1, 0.15) is 10.9 Å². The van der Waals surface area contributed by atoms with Crippen LogP contribution in [0.4, 0.5) is 9.93 Å². The number of anilines is 1. The number of carbonyl (C=O) groups excluding carboxylic acids is 2. The van der Waals surface area contributed by atoms with Crippen LogP contribution in [0.3, 0.4) is 0 Å². The number of ether oxygens (including phenoxy) is 1. The molecule has 1 aromatic heterocycles. The van der Waals surface area contributed by atoms with Gasteiger partial charge in [-0.15, -0.1) is 0 Å². The third-order valence-electron chi connectivity index (χ3n) is 7.04. The summed E-state index contributed by atoms with van der Waals surface area (Å²) in [7, 11) is 0. The zero-order chi connectivity index (χ0) is 26.1. The number of amides is 2. The third-order valence-corrected chi connectivity index (χ3v) is 8.17. The second kappa shape index (κ2) is 13.8. The summed E-state index contributed by atoms with van der Waals surface area (Å²) in [6.07, 6.45) is 5.55. The van der Waals surface area contributed by atoms with Crippen molar-refractivity contribution in [1.29, 1.82) is 0 Å². The van der Waals surface area contributed by atoms with Gasteiger partial charge < -0.3 is 30.7 Å². The Bertz CT molecular complexity index is 878. The first-order chi connectivity index (χ1) is 17.3. The van der Waals surface area contributed by atoms with E-state index in [2.05, 4.69) is 20.9 Å². The van der Waals surface area contributed by atoms with Crippen molar-refractivity contribution in [3.8, 4) is 0 Å². The molecule has 0 unspecified atom stereocenters. The summed E-state index contributed by atoms with van der Waals surface area (Å²) in [5, 5.41) is 18.7. The minimum atomic E-state index is -1.29. The minimum absolute atomic E-state index is 0.0463. The number of nitrogens with zero attached hydrogens (tertiary/aromatic N) is 2. The summed E-state index contributed by atoms with van der Waals surface area (Å²) in [5.74, 6) is -0.0143. The van der Waals surface area contributed by atoms with Crippen molar-refractivity contribution < 1.29 is 24.2 Å². The van der Waals surface area contributed by atoms with Crippen molar-refractivity contribution in [2.24, 2.45) is 11.8 Å². The van der Waals surface area contributed by atoms with Crippen molar-refractivity contribution in [1.82, 2.24) is 20.9 Å². The molecule has 2 saturated heterocycles. The highest BCUT2D eigenvalue weighted by molar-refractivity contribution is 7.17. The lowest BCUT2D eigenvalue weighted by molar-refractivity contribution is -0.139. The summed E-state index contributed by atoms with van der Waals surface area (Å²) < 4.78 is 4.98. The number of thiazole rings is 1. The Morgan fingerprint density at radius 2 is 1.83 bits per heavy atom. The van der Waals surface area contributed by atoms with Gasteiger partial charge in [0.2, 0.25) is 0 Å². The molecule has 2 amide bonds. The predicted molar refractivity (Wildman–Crippen MR) is 140 cm³/mol. The molecule has 0 bridgehead atoms. The van der Waals surface area contributed by atoms with Crippen LogP contribution in [0.15, 0.2) is 0 Å². The lowest BCUT2D eigenvalue weighted by atomic mass is 9.79. The Kier molecular flexibility index (Phi) is 10.8. The van der Waals surface area contributed by atoms with Crippen LogP contribution in [-0.4, -0.2) is 73.4 Å². The molecule has 36 heavy (non-hydrogen) atoms. The molecular formula is C25H41N5O5S. The van der Waals surface area contributed by atoms with E-state index in [1.165, 1.54) is 24.2 Å². The van der Waals surface area contributed by atoms with Crippen LogP contribution in [0.5, 0.6) is 0 Å². The molecule has 1 atom stereocenters. The summed E-state index contributed by atoms with van der Waals surface area (Å²) in [4.78, 5) is 44.1. The second-order valence-electron chi connectivity index (χ2n) is 10.0. The average molecular weight is 524 g/mol. The first kappa shape index (κ1) is 28.2. The first-order valence-corrected chi connectivity index (χ1v) is 14.0. The lowest BCUT2D eigenvalue weighted by Crippen LogP contribution is -2.48. The number of carbonyl (C=O) groups is 3. The number of hydrogen-bond acceptors (Lipinski definition) is 8. The zero-order valence-electron chi connectivity index (χ0n) is 21.7. The molecule has 4 N–H and O–H groups in total. The SMILES string of the molecule is CCCCOC(=O)N[C@@H](CNC(=O)c1sc(N2CCC(C3CCNCC3)CC2)nc1C(C)C)C(=O)O. The molecule has 3 rings (SSSR count). The van der Waals surface area contributed by atoms with E-state index < -0.39 is 18.1 Å². The van der Waals surface area contributed by atoms with E-state index in [0.29, 0.717) is 17.0 Å². The normalized spacial score (nSPS) is 18.2. The topological polar surface area (TPSA) is 133 Å².